The van der Waals surface area contributed by atoms with Gasteiger partial charge < -0.3 is 14.5 Å². The molecule has 1 aromatic carbocycles. The lowest BCUT2D eigenvalue weighted by Gasteiger charge is -2.32. The first kappa shape index (κ1) is 16.8. The third-order valence-corrected chi connectivity index (χ3v) is 3.47. The van der Waals surface area contributed by atoms with Crippen molar-refractivity contribution in [2.24, 2.45) is 0 Å². The van der Waals surface area contributed by atoms with E-state index in [4.69, 9.17) is 10.00 Å². The second kappa shape index (κ2) is 8.80. The molecule has 1 aromatic rings. The van der Waals surface area contributed by atoms with Crippen molar-refractivity contribution >= 4 is 12.4 Å². The van der Waals surface area contributed by atoms with Crippen LogP contribution in [0, 0.1) is 11.3 Å². The molecule has 0 amide bonds. The van der Waals surface area contributed by atoms with E-state index >= 15 is 0 Å². The van der Waals surface area contributed by atoms with Crippen LogP contribution in [0.3, 0.4) is 0 Å². The van der Waals surface area contributed by atoms with Crippen molar-refractivity contribution < 1.29 is 4.74 Å². The van der Waals surface area contributed by atoms with Gasteiger partial charge in [-0.3, -0.25) is 0 Å². The Morgan fingerprint density at radius 3 is 2.40 bits per heavy atom. The van der Waals surface area contributed by atoms with Gasteiger partial charge in [0, 0.05) is 32.7 Å². The largest absolute Gasteiger partial charge is 0.494 e. The van der Waals surface area contributed by atoms with Crippen molar-refractivity contribution in [3.63, 3.8) is 0 Å². The van der Waals surface area contributed by atoms with Crippen LogP contribution in [0.2, 0.25) is 0 Å². The van der Waals surface area contributed by atoms with Gasteiger partial charge in [-0.05, 0) is 37.7 Å². The van der Waals surface area contributed by atoms with E-state index < -0.39 is 0 Å². The quantitative estimate of drug-likeness (QED) is 0.779. The number of likely N-dealkylation sites (N-methyl/N-ethyl adjacent to an activating group) is 1. The van der Waals surface area contributed by atoms with E-state index in [-0.39, 0.29) is 12.4 Å². The van der Waals surface area contributed by atoms with Crippen LogP contribution in [0.15, 0.2) is 24.3 Å². The molecule has 0 saturated carbocycles. The molecule has 1 heterocycles. The molecule has 2 rings (SSSR count). The predicted molar refractivity (Wildman–Crippen MR) is 82.5 cm³/mol. The Balaban J connectivity index is 0.00000200. The normalized spacial score (nSPS) is 16.2. The summed E-state index contributed by atoms with van der Waals surface area (Å²) in [5, 5.41) is 8.71. The molecule has 0 aromatic heterocycles. The van der Waals surface area contributed by atoms with Crippen LogP contribution >= 0.6 is 12.4 Å². The first-order chi connectivity index (χ1) is 9.28. The van der Waals surface area contributed by atoms with Crippen molar-refractivity contribution in [2.75, 3.05) is 46.4 Å². The second-order valence-electron chi connectivity index (χ2n) is 4.98. The van der Waals surface area contributed by atoms with Gasteiger partial charge in [-0.25, -0.2) is 0 Å². The first-order valence-electron chi connectivity index (χ1n) is 6.82. The number of hydrogen-bond acceptors (Lipinski definition) is 4. The highest BCUT2D eigenvalue weighted by Crippen LogP contribution is 2.11. The van der Waals surface area contributed by atoms with Gasteiger partial charge in [-0.1, -0.05) is 0 Å². The van der Waals surface area contributed by atoms with E-state index in [0.717, 1.165) is 51.5 Å². The summed E-state index contributed by atoms with van der Waals surface area (Å²) >= 11 is 0. The number of hydrogen-bond donors (Lipinski definition) is 0. The van der Waals surface area contributed by atoms with Crippen LogP contribution in [0.4, 0.5) is 0 Å². The van der Waals surface area contributed by atoms with Crippen LogP contribution in [0.1, 0.15) is 12.0 Å². The van der Waals surface area contributed by atoms with Gasteiger partial charge in [0.25, 0.3) is 0 Å². The van der Waals surface area contributed by atoms with Crippen LogP contribution in [-0.4, -0.2) is 56.2 Å². The fraction of sp³-hybridized carbons (Fsp3) is 0.533. The summed E-state index contributed by atoms with van der Waals surface area (Å²) in [6.45, 7) is 6.48. The number of nitriles is 1. The maximum atomic E-state index is 8.71. The number of benzene rings is 1. The Labute approximate surface area is 127 Å². The maximum absolute atomic E-state index is 8.71. The standard InChI is InChI=1S/C15H21N3O.ClH/c1-17-8-10-18(11-9-17)7-2-12-19-15-5-3-14(13-16)4-6-15;/h3-6H,2,7-12H2,1H3;1H. The van der Waals surface area contributed by atoms with E-state index in [1.165, 1.54) is 0 Å². The van der Waals surface area contributed by atoms with E-state index in [1.54, 1.807) is 12.1 Å². The van der Waals surface area contributed by atoms with Crippen LogP contribution in [-0.2, 0) is 0 Å². The Morgan fingerprint density at radius 2 is 1.80 bits per heavy atom. The maximum Gasteiger partial charge on any atom is 0.119 e. The molecule has 1 aliphatic heterocycles. The molecule has 1 aliphatic rings. The Morgan fingerprint density at radius 1 is 1.15 bits per heavy atom. The summed E-state index contributed by atoms with van der Waals surface area (Å²) in [5.74, 6) is 0.845. The molecule has 0 bridgehead atoms. The molecule has 0 aliphatic carbocycles. The zero-order valence-electron chi connectivity index (χ0n) is 11.9. The lowest BCUT2D eigenvalue weighted by Crippen LogP contribution is -2.44. The summed E-state index contributed by atoms with van der Waals surface area (Å²) < 4.78 is 5.67. The molecule has 0 radical (unpaired) electrons. The molecule has 0 spiro atoms. The van der Waals surface area contributed by atoms with Crippen LogP contribution in [0.25, 0.3) is 0 Å². The van der Waals surface area contributed by atoms with Gasteiger partial charge in [0.15, 0.2) is 0 Å². The molecule has 1 saturated heterocycles. The van der Waals surface area contributed by atoms with Gasteiger partial charge in [-0.15, -0.1) is 12.4 Å². The topological polar surface area (TPSA) is 39.5 Å². The molecule has 0 atom stereocenters. The number of nitrogens with zero attached hydrogens (tertiary/aromatic N) is 3. The highest BCUT2D eigenvalue weighted by molar-refractivity contribution is 5.85. The predicted octanol–water partition coefficient (Wildman–Crippen LogP) is 2.00. The number of rotatable bonds is 5. The average Bonchev–Trinajstić information content (AvgIpc) is 2.46. The van der Waals surface area contributed by atoms with E-state index in [0.29, 0.717) is 5.56 Å². The molecular formula is C15H22ClN3O. The molecule has 5 heteroatoms. The summed E-state index contributed by atoms with van der Waals surface area (Å²) in [6, 6.07) is 9.39. The first-order valence-corrected chi connectivity index (χ1v) is 6.82. The molecule has 0 N–H and O–H groups in total. The highest BCUT2D eigenvalue weighted by atomic mass is 35.5. The van der Waals surface area contributed by atoms with Gasteiger partial charge in [0.2, 0.25) is 0 Å². The number of ether oxygens (including phenoxy) is 1. The summed E-state index contributed by atoms with van der Waals surface area (Å²) in [4.78, 5) is 4.85. The smallest absolute Gasteiger partial charge is 0.119 e. The fourth-order valence-corrected chi connectivity index (χ4v) is 2.18. The Bertz CT molecular complexity index is 422. The lowest BCUT2D eigenvalue weighted by atomic mass is 10.2. The van der Waals surface area contributed by atoms with Gasteiger partial charge in [0.05, 0.1) is 18.2 Å². The SMILES string of the molecule is CN1CCN(CCCOc2ccc(C#N)cc2)CC1.Cl. The Kier molecular flexibility index (Phi) is 7.38. The average molecular weight is 296 g/mol. The summed E-state index contributed by atoms with van der Waals surface area (Å²) in [5.41, 5.74) is 0.671. The monoisotopic (exact) mass is 295 g/mol. The highest BCUT2D eigenvalue weighted by Gasteiger charge is 2.12. The van der Waals surface area contributed by atoms with Gasteiger partial charge in [-0.2, -0.15) is 5.26 Å². The molecule has 20 heavy (non-hydrogen) atoms. The second-order valence-corrected chi connectivity index (χ2v) is 4.98. The lowest BCUT2D eigenvalue weighted by molar-refractivity contribution is 0.145. The fourth-order valence-electron chi connectivity index (χ4n) is 2.18. The zero-order chi connectivity index (χ0) is 13.5. The Hall–Kier alpha value is -1.28. The minimum Gasteiger partial charge on any atom is -0.494 e. The molecule has 1 fully saturated rings. The summed E-state index contributed by atoms with van der Waals surface area (Å²) in [6.07, 6.45) is 1.05. The van der Waals surface area contributed by atoms with Crippen molar-refractivity contribution in [1.29, 1.82) is 5.26 Å². The third kappa shape index (κ3) is 5.38. The minimum absolute atomic E-state index is 0. The van der Waals surface area contributed by atoms with Crippen molar-refractivity contribution in [3.05, 3.63) is 29.8 Å². The van der Waals surface area contributed by atoms with Crippen LogP contribution in [0.5, 0.6) is 5.75 Å². The molecule has 4 nitrogen and oxygen atoms in total. The third-order valence-electron chi connectivity index (χ3n) is 3.47. The van der Waals surface area contributed by atoms with Crippen molar-refractivity contribution in [2.45, 2.75) is 6.42 Å². The van der Waals surface area contributed by atoms with Crippen LogP contribution < -0.4 is 4.74 Å². The number of halogens is 1. The van der Waals surface area contributed by atoms with Crippen molar-refractivity contribution in [3.8, 4) is 11.8 Å². The molecule has 110 valence electrons. The molecule has 0 unspecified atom stereocenters. The summed E-state index contributed by atoms with van der Waals surface area (Å²) in [7, 11) is 2.17. The number of piperazine rings is 1. The minimum atomic E-state index is 0. The van der Waals surface area contributed by atoms with Gasteiger partial charge in [0.1, 0.15) is 5.75 Å². The van der Waals surface area contributed by atoms with Gasteiger partial charge >= 0.3 is 0 Å². The zero-order valence-corrected chi connectivity index (χ0v) is 12.7. The van der Waals surface area contributed by atoms with E-state index in [1.807, 2.05) is 12.1 Å². The van der Waals surface area contributed by atoms with Crippen molar-refractivity contribution in [1.82, 2.24) is 9.80 Å². The van der Waals surface area contributed by atoms with E-state index in [9.17, 15) is 0 Å². The molecular weight excluding hydrogens is 274 g/mol. The van der Waals surface area contributed by atoms with E-state index in [2.05, 4.69) is 22.9 Å².